The summed E-state index contributed by atoms with van der Waals surface area (Å²) in [5, 5.41) is 0. The summed E-state index contributed by atoms with van der Waals surface area (Å²) < 4.78 is 16.9. The maximum atomic E-state index is 12.9. The third kappa shape index (κ3) is 67.7. The molecule has 0 aromatic carbocycles. The zero-order valence-electron chi connectivity index (χ0n) is 53.7. The monoisotopic (exact) mass is 1140 g/mol. The molecule has 0 rings (SSSR count). The smallest absolute Gasteiger partial charge is 0.306 e. The van der Waals surface area contributed by atoms with Crippen LogP contribution in [0.4, 0.5) is 0 Å². The van der Waals surface area contributed by atoms with Crippen molar-refractivity contribution in [3.05, 3.63) is 158 Å². The van der Waals surface area contributed by atoms with E-state index in [1.54, 1.807) is 0 Å². The lowest BCUT2D eigenvalue weighted by atomic mass is 10.1. The Bertz CT molecular complexity index is 1840. The van der Waals surface area contributed by atoms with Crippen LogP contribution < -0.4 is 0 Å². The van der Waals surface area contributed by atoms with E-state index in [4.69, 9.17) is 14.2 Å². The second-order valence-corrected chi connectivity index (χ2v) is 22.0. The minimum absolute atomic E-state index is 0.104. The topological polar surface area (TPSA) is 78.9 Å². The van der Waals surface area contributed by atoms with Gasteiger partial charge in [-0.05, 0) is 154 Å². The summed E-state index contributed by atoms with van der Waals surface area (Å²) in [6, 6.07) is 0. The standard InChI is InChI=1S/C77H124O6/c1-4-7-10-13-16-19-22-25-27-29-31-33-34-35-36-37-38-39-40-41-42-44-45-47-49-52-55-58-61-64-67-70-76(79)82-73-74(72-81-75(78)69-66-63-60-57-54-51-24-21-18-15-12-9-6-3)83-77(80)71-68-65-62-59-56-53-50-48-46-43-32-30-28-26-23-20-17-14-11-8-5-2/h7,10,16,19,21,23-27,30-33,35-36,38-39,41-42,45-48,52,55,74H,4-6,8-9,11-15,17-18,20,22,28-29,34,37,40,43-44,49-51,53-54,56-73H2,1-3H3/b10-7-,19-16-,24-21-,26-23-,27-25-,32-30-,33-31-,36-35-,39-38-,42-41-,47-45-,48-46-,55-52-. The summed E-state index contributed by atoms with van der Waals surface area (Å²) in [5.74, 6) is -0.959. The molecule has 0 spiro atoms. The molecule has 0 aliphatic rings. The summed E-state index contributed by atoms with van der Waals surface area (Å²) in [6.07, 6.45) is 101. The largest absolute Gasteiger partial charge is 0.462 e. The van der Waals surface area contributed by atoms with Gasteiger partial charge in [-0.15, -0.1) is 0 Å². The van der Waals surface area contributed by atoms with Gasteiger partial charge in [0.05, 0.1) is 0 Å². The summed E-state index contributed by atoms with van der Waals surface area (Å²) in [5.41, 5.74) is 0. The number of rotatable bonds is 60. The predicted molar refractivity (Wildman–Crippen MR) is 362 cm³/mol. The highest BCUT2D eigenvalue weighted by molar-refractivity contribution is 5.71. The Labute approximate surface area is 511 Å². The first-order chi connectivity index (χ1) is 41.0. The average molecular weight is 1150 g/mol. The fraction of sp³-hybridized carbons (Fsp3) is 0.623. The zero-order valence-corrected chi connectivity index (χ0v) is 53.7. The molecule has 0 aliphatic carbocycles. The van der Waals surface area contributed by atoms with Crippen LogP contribution in [0.5, 0.6) is 0 Å². The first-order valence-corrected chi connectivity index (χ1v) is 34.0. The van der Waals surface area contributed by atoms with E-state index in [-0.39, 0.29) is 31.1 Å². The molecule has 468 valence electrons. The Morgan fingerprint density at radius 1 is 0.253 bits per heavy atom. The number of hydrogen-bond donors (Lipinski definition) is 0. The molecule has 0 N–H and O–H groups in total. The van der Waals surface area contributed by atoms with Gasteiger partial charge in [-0.25, -0.2) is 0 Å². The van der Waals surface area contributed by atoms with Crippen LogP contribution in [-0.2, 0) is 28.6 Å². The van der Waals surface area contributed by atoms with Crippen LogP contribution in [0.15, 0.2) is 158 Å². The van der Waals surface area contributed by atoms with E-state index in [1.807, 2.05) is 0 Å². The van der Waals surface area contributed by atoms with Crippen LogP contribution in [0.25, 0.3) is 0 Å². The van der Waals surface area contributed by atoms with E-state index < -0.39 is 6.10 Å². The van der Waals surface area contributed by atoms with Gasteiger partial charge < -0.3 is 14.2 Å². The lowest BCUT2D eigenvalue weighted by molar-refractivity contribution is -0.167. The maximum Gasteiger partial charge on any atom is 0.306 e. The minimum Gasteiger partial charge on any atom is -0.462 e. The number of esters is 3. The Hall–Kier alpha value is -4.97. The van der Waals surface area contributed by atoms with Gasteiger partial charge in [-0.3, -0.25) is 14.4 Å². The normalized spacial score (nSPS) is 13.1. The SMILES string of the molecule is CC/C=C\C/C=C\C/C=C\C/C=C\C/C=C\C/C=C\C/C=C\C/C=C\C/C=C\CCCCCC(=O)OCC(COC(=O)CCCCCCC/C=C\CCCCCC)OC(=O)CCCCCCCC/C=C\C/C=C\C/C=C\CCCCCCC. The van der Waals surface area contributed by atoms with E-state index in [9.17, 15) is 14.4 Å². The number of hydrogen-bond acceptors (Lipinski definition) is 6. The van der Waals surface area contributed by atoms with Gasteiger partial charge >= 0.3 is 17.9 Å². The molecule has 0 saturated heterocycles. The van der Waals surface area contributed by atoms with Crippen molar-refractivity contribution in [1.82, 2.24) is 0 Å². The quantitative estimate of drug-likeness (QED) is 0.0261. The molecular formula is C77H124O6. The molecule has 0 fully saturated rings. The van der Waals surface area contributed by atoms with Crippen LogP contribution in [0.3, 0.4) is 0 Å². The number of carbonyl (C=O) groups excluding carboxylic acids is 3. The van der Waals surface area contributed by atoms with Gasteiger partial charge in [0, 0.05) is 19.3 Å². The second kappa shape index (κ2) is 69.5. The molecule has 6 nitrogen and oxygen atoms in total. The molecule has 0 amide bonds. The summed E-state index contributed by atoms with van der Waals surface area (Å²) >= 11 is 0. The molecule has 1 atom stereocenters. The van der Waals surface area contributed by atoms with Gasteiger partial charge in [0.1, 0.15) is 13.2 Å². The zero-order chi connectivity index (χ0) is 59.9. The van der Waals surface area contributed by atoms with Crippen molar-refractivity contribution in [2.45, 2.75) is 297 Å². The van der Waals surface area contributed by atoms with Crippen LogP contribution in [0, 0.1) is 0 Å². The van der Waals surface area contributed by atoms with E-state index in [2.05, 4.69) is 179 Å². The van der Waals surface area contributed by atoms with Crippen molar-refractivity contribution >= 4 is 17.9 Å². The third-order valence-electron chi connectivity index (χ3n) is 14.0. The molecule has 0 aromatic rings. The van der Waals surface area contributed by atoms with Gasteiger partial charge in [-0.1, -0.05) is 275 Å². The van der Waals surface area contributed by atoms with Crippen molar-refractivity contribution < 1.29 is 28.6 Å². The molecule has 0 bridgehead atoms. The minimum atomic E-state index is -0.811. The molecule has 0 heterocycles. The van der Waals surface area contributed by atoms with Gasteiger partial charge in [0.2, 0.25) is 0 Å². The molecular weight excluding hydrogens is 1020 g/mol. The number of unbranched alkanes of at least 4 members (excludes halogenated alkanes) is 23. The van der Waals surface area contributed by atoms with Gasteiger partial charge in [0.25, 0.3) is 0 Å². The van der Waals surface area contributed by atoms with Gasteiger partial charge in [0.15, 0.2) is 6.10 Å². The molecule has 0 saturated carbocycles. The van der Waals surface area contributed by atoms with Gasteiger partial charge in [-0.2, -0.15) is 0 Å². The summed E-state index contributed by atoms with van der Waals surface area (Å²) in [4.78, 5) is 38.4. The van der Waals surface area contributed by atoms with E-state index in [0.717, 1.165) is 161 Å². The fourth-order valence-electron chi connectivity index (χ4n) is 8.91. The lowest BCUT2D eigenvalue weighted by Gasteiger charge is -2.18. The van der Waals surface area contributed by atoms with Crippen LogP contribution in [0.1, 0.15) is 290 Å². The highest BCUT2D eigenvalue weighted by Gasteiger charge is 2.19. The second-order valence-electron chi connectivity index (χ2n) is 22.0. The first-order valence-electron chi connectivity index (χ1n) is 34.0. The van der Waals surface area contributed by atoms with Crippen LogP contribution in [-0.4, -0.2) is 37.2 Å². The molecule has 83 heavy (non-hydrogen) atoms. The number of carbonyl (C=O) groups is 3. The summed E-state index contributed by atoms with van der Waals surface area (Å²) in [7, 11) is 0. The van der Waals surface area contributed by atoms with Crippen molar-refractivity contribution in [2.75, 3.05) is 13.2 Å². The Kier molecular flexibility index (Phi) is 65.4. The van der Waals surface area contributed by atoms with Crippen molar-refractivity contribution in [3.63, 3.8) is 0 Å². The molecule has 1 unspecified atom stereocenters. The van der Waals surface area contributed by atoms with Crippen molar-refractivity contribution in [3.8, 4) is 0 Å². The highest BCUT2D eigenvalue weighted by atomic mass is 16.6. The molecule has 0 aromatic heterocycles. The van der Waals surface area contributed by atoms with Crippen molar-refractivity contribution in [1.29, 1.82) is 0 Å². The highest BCUT2D eigenvalue weighted by Crippen LogP contribution is 2.14. The summed E-state index contributed by atoms with van der Waals surface area (Å²) in [6.45, 7) is 6.46. The van der Waals surface area contributed by atoms with E-state index in [0.29, 0.717) is 19.3 Å². The molecule has 0 radical (unpaired) electrons. The molecule has 6 heteroatoms. The first kappa shape index (κ1) is 78.0. The number of ether oxygens (including phenoxy) is 3. The predicted octanol–water partition coefficient (Wildman–Crippen LogP) is 23.7. The number of allylic oxidation sites excluding steroid dienone is 26. The average Bonchev–Trinajstić information content (AvgIpc) is 3.49. The van der Waals surface area contributed by atoms with Crippen LogP contribution in [0.2, 0.25) is 0 Å². The van der Waals surface area contributed by atoms with E-state index >= 15 is 0 Å². The van der Waals surface area contributed by atoms with E-state index in [1.165, 1.54) is 89.9 Å². The Balaban J connectivity index is 4.44. The third-order valence-corrected chi connectivity index (χ3v) is 14.0. The Morgan fingerprint density at radius 3 is 0.771 bits per heavy atom. The molecule has 0 aliphatic heterocycles. The van der Waals surface area contributed by atoms with Crippen molar-refractivity contribution in [2.24, 2.45) is 0 Å². The maximum absolute atomic E-state index is 12.9. The van der Waals surface area contributed by atoms with Crippen LogP contribution >= 0.6 is 0 Å². The lowest BCUT2D eigenvalue weighted by Crippen LogP contribution is -2.30. The fourth-order valence-corrected chi connectivity index (χ4v) is 8.91. The Morgan fingerprint density at radius 2 is 0.470 bits per heavy atom.